The van der Waals surface area contributed by atoms with Crippen molar-refractivity contribution in [2.24, 2.45) is 0 Å². The van der Waals surface area contributed by atoms with Gasteiger partial charge in [-0.3, -0.25) is 10.1 Å². The lowest BCUT2D eigenvalue weighted by Crippen LogP contribution is -2.29. The molecule has 0 radical (unpaired) electrons. The third-order valence-electron chi connectivity index (χ3n) is 3.18. The Balaban J connectivity index is 1.93. The number of sulfonamides is 1. The van der Waals surface area contributed by atoms with E-state index < -0.39 is 32.2 Å². The van der Waals surface area contributed by atoms with Gasteiger partial charge in [0.15, 0.2) is 0 Å². The van der Waals surface area contributed by atoms with E-state index in [2.05, 4.69) is 14.8 Å². The lowest BCUT2D eigenvalue weighted by molar-refractivity contribution is -0.384. The van der Waals surface area contributed by atoms with E-state index in [4.69, 9.17) is 0 Å². The van der Waals surface area contributed by atoms with E-state index in [0.717, 1.165) is 12.1 Å². The van der Waals surface area contributed by atoms with Gasteiger partial charge in [0.05, 0.1) is 4.92 Å². The lowest BCUT2D eigenvalue weighted by atomic mass is 10.3. The molecular weight excluding hydrogens is 372 g/mol. The smallest absolute Gasteiger partial charge is 0.387 e. The lowest BCUT2D eigenvalue weighted by Gasteiger charge is -2.12. The summed E-state index contributed by atoms with van der Waals surface area (Å²) in [6, 6.07) is 10.7. The van der Waals surface area contributed by atoms with Gasteiger partial charge in [-0.15, -0.1) is 0 Å². The fourth-order valence-corrected chi connectivity index (χ4v) is 3.20. The van der Waals surface area contributed by atoms with E-state index in [9.17, 15) is 27.3 Å². The quantitative estimate of drug-likeness (QED) is 0.389. The first-order valence-corrected chi connectivity index (χ1v) is 8.80. The number of ether oxygens (including phenoxy) is 1. The maximum atomic E-state index is 12.4. The van der Waals surface area contributed by atoms with E-state index in [-0.39, 0.29) is 18.8 Å². The summed E-state index contributed by atoms with van der Waals surface area (Å²) >= 11 is 0. The van der Waals surface area contributed by atoms with Crippen molar-refractivity contribution in [3.8, 4) is 5.75 Å². The van der Waals surface area contributed by atoms with Crippen LogP contribution in [0.4, 0.5) is 20.2 Å². The number of anilines is 1. The SMILES string of the molecule is O=[N+]([O-])c1ccc(NCCNS(=O)(=O)c2ccccc2OC(F)F)cc1. The highest BCUT2D eigenvalue weighted by Gasteiger charge is 2.20. The Morgan fingerprint density at radius 1 is 1.08 bits per heavy atom. The first-order chi connectivity index (χ1) is 12.3. The second-order valence-corrected chi connectivity index (χ2v) is 6.69. The minimum absolute atomic E-state index is 0.0394. The number of nitrogens with one attached hydrogen (secondary N) is 2. The molecule has 0 heterocycles. The molecular formula is C15H15F2N3O5S. The van der Waals surface area contributed by atoms with Crippen LogP contribution in [0.2, 0.25) is 0 Å². The number of halogens is 2. The second kappa shape index (κ2) is 8.54. The van der Waals surface area contributed by atoms with Crippen molar-refractivity contribution in [3.63, 3.8) is 0 Å². The van der Waals surface area contributed by atoms with Gasteiger partial charge in [-0.25, -0.2) is 13.1 Å². The highest BCUT2D eigenvalue weighted by Crippen LogP contribution is 2.24. The Kier molecular flexibility index (Phi) is 6.41. The van der Waals surface area contributed by atoms with Gasteiger partial charge < -0.3 is 10.1 Å². The van der Waals surface area contributed by atoms with Crippen molar-refractivity contribution in [2.75, 3.05) is 18.4 Å². The van der Waals surface area contributed by atoms with Crippen LogP contribution in [0.15, 0.2) is 53.4 Å². The largest absolute Gasteiger partial charge is 0.433 e. The topological polar surface area (TPSA) is 111 Å². The average molecular weight is 387 g/mol. The number of hydrogen-bond donors (Lipinski definition) is 2. The molecule has 0 saturated heterocycles. The molecule has 0 aliphatic heterocycles. The molecule has 0 aliphatic carbocycles. The zero-order valence-electron chi connectivity index (χ0n) is 13.3. The summed E-state index contributed by atoms with van der Waals surface area (Å²) in [5.74, 6) is -0.446. The minimum Gasteiger partial charge on any atom is -0.433 e. The monoisotopic (exact) mass is 387 g/mol. The van der Waals surface area contributed by atoms with Crippen LogP contribution in [-0.2, 0) is 10.0 Å². The summed E-state index contributed by atoms with van der Waals surface area (Å²) in [6.07, 6.45) is 0. The highest BCUT2D eigenvalue weighted by molar-refractivity contribution is 7.89. The van der Waals surface area contributed by atoms with Crippen molar-refractivity contribution in [2.45, 2.75) is 11.5 Å². The number of para-hydroxylation sites is 1. The van der Waals surface area contributed by atoms with Crippen LogP contribution in [-0.4, -0.2) is 33.0 Å². The molecule has 2 aromatic rings. The summed E-state index contributed by atoms with van der Waals surface area (Å²) < 4.78 is 55.7. The molecule has 0 aliphatic rings. The van der Waals surface area contributed by atoms with Crippen LogP contribution in [0.1, 0.15) is 0 Å². The van der Waals surface area contributed by atoms with Crippen molar-refractivity contribution < 1.29 is 26.9 Å². The van der Waals surface area contributed by atoms with Crippen LogP contribution in [0.25, 0.3) is 0 Å². The standard InChI is InChI=1S/C15H15F2N3O5S/c16-15(17)25-13-3-1-2-4-14(13)26(23,24)19-10-9-18-11-5-7-12(8-6-11)20(21)22/h1-8,15,18-19H,9-10H2. The number of hydrogen-bond acceptors (Lipinski definition) is 6. The zero-order valence-corrected chi connectivity index (χ0v) is 14.1. The molecule has 140 valence electrons. The van der Waals surface area contributed by atoms with Crippen LogP contribution >= 0.6 is 0 Å². The van der Waals surface area contributed by atoms with Crippen LogP contribution < -0.4 is 14.8 Å². The molecule has 0 bridgehead atoms. The average Bonchev–Trinajstić information content (AvgIpc) is 2.59. The molecule has 0 spiro atoms. The van der Waals surface area contributed by atoms with Gasteiger partial charge >= 0.3 is 6.61 Å². The molecule has 0 atom stereocenters. The first kappa shape index (κ1) is 19.5. The summed E-state index contributed by atoms with van der Waals surface area (Å²) in [6.45, 7) is -3.01. The molecule has 0 aromatic heterocycles. The van der Waals surface area contributed by atoms with Crippen molar-refractivity contribution in [1.82, 2.24) is 4.72 Å². The zero-order chi connectivity index (χ0) is 19.2. The molecule has 0 unspecified atom stereocenters. The van der Waals surface area contributed by atoms with Crippen molar-refractivity contribution in [1.29, 1.82) is 0 Å². The van der Waals surface area contributed by atoms with Gasteiger partial charge in [-0.05, 0) is 24.3 Å². The number of benzene rings is 2. The Bertz CT molecular complexity index is 860. The van der Waals surface area contributed by atoms with E-state index in [1.165, 1.54) is 36.4 Å². The predicted octanol–water partition coefficient (Wildman–Crippen LogP) is 2.59. The molecule has 26 heavy (non-hydrogen) atoms. The number of alkyl halides is 2. The predicted molar refractivity (Wildman–Crippen MR) is 89.8 cm³/mol. The maximum Gasteiger partial charge on any atom is 0.387 e. The number of nitrogens with zero attached hydrogens (tertiary/aromatic N) is 1. The third kappa shape index (κ3) is 5.36. The molecule has 0 saturated carbocycles. The highest BCUT2D eigenvalue weighted by atomic mass is 32.2. The second-order valence-electron chi connectivity index (χ2n) is 4.95. The van der Waals surface area contributed by atoms with E-state index >= 15 is 0 Å². The van der Waals surface area contributed by atoms with Gasteiger partial charge in [0, 0.05) is 30.9 Å². The number of nitro benzene ring substituents is 1. The van der Waals surface area contributed by atoms with Gasteiger partial charge in [0.1, 0.15) is 10.6 Å². The van der Waals surface area contributed by atoms with Gasteiger partial charge in [-0.1, -0.05) is 12.1 Å². The third-order valence-corrected chi connectivity index (χ3v) is 4.68. The van der Waals surface area contributed by atoms with E-state index in [1.807, 2.05) is 0 Å². The number of non-ortho nitro benzene ring substituents is 1. The summed E-state index contributed by atoms with van der Waals surface area (Å²) in [5, 5.41) is 13.4. The Morgan fingerprint density at radius 3 is 2.35 bits per heavy atom. The Labute approximate surface area is 148 Å². The number of rotatable bonds is 9. The van der Waals surface area contributed by atoms with Gasteiger partial charge in [0.25, 0.3) is 5.69 Å². The molecule has 2 aromatic carbocycles. The molecule has 0 amide bonds. The fourth-order valence-electron chi connectivity index (χ4n) is 2.04. The number of nitro groups is 1. The molecule has 0 fully saturated rings. The normalized spacial score (nSPS) is 11.3. The first-order valence-electron chi connectivity index (χ1n) is 7.31. The van der Waals surface area contributed by atoms with Crippen molar-refractivity contribution in [3.05, 3.63) is 58.6 Å². The Morgan fingerprint density at radius 2 is 1.73 bits per heavy atom. The fraction of sp³-hybridized carbons (Fsp3) is 0.200. The van der Waals surface area contributed by atoms with Crippen LogP contribution in [0, 0.1) is 10.1 Å². The Hall–Kier alpha value is -2.79. The maximum absolute atomic E-state index is 12.4. The van der Waals surface area contributed by atoms with Gasteiger partial charge in [0.2, 0.25) is 10.0 Å². The van der Waals surface area contributed by atoms with Crippen LogP contribution in [0.3, 0.4) is 0 Å². The molecule has 8 nitrogen and oxygen atoms in total. The van der Waals surface area contributed by atoms with E-state index in [0.29, 0.717) is 5.69 Å². The molecule has 11 heteroatoms. The summed E-state index contributed by atoms with van der Waals surface area (Å²) in [5.41, 5.74) is 0.503. The minimum atomic E-state index is -4.05. The molecule has 2 N–H and O–H groups in total. The van der Waals surface area contributed by atoms with Crippen LogP contribution in [0.5, 0.6) is 5.75 Å². The summed E-state index contributed by atoms with van der Waals surface area (Å²) in [4.78, 5) is 9.64. The summed E-state index contributed by atoms with van der Waals surface area (Å²) in [7, 11) is -4.05. The molecule has 2 rings (SSSR count). The van der Waals surface area contributed by atoms with Crippen molar-refractivity contribution >= 4 is 21.4 Å². The van der Waals surface area contributed by atoms with E-state index in [1.54, 1.807) is 0 Å². The van der Waals surface area contributed by atoms with Gasteiger partial charge in [-0.2, -0.15) is 8.78 Å².